The van der Waals surface area contributed by atoms with E-state index in [0.717, 1.165) is 11.3 Å². The van der Waals surface area contributed by atoms with Crippen molar-refractivity contribution in [2.24, 2.45) is 5.92 Å². The van der Waals surface area contributed by atoms with Crippen molar-refractivity contribution >= 4 is 34.4 Å². The van der Waals surface area contributed by atoms with Crippen molar-refractivity contribution in [1.82, 2.24) is 4.90 Å². The zero-order valence-corrected chi connectivity index (χ0v) is 13.6. The largest absolute Gasteiger partial charge is 0.338 e. The molecule has 1 saturated heterocycles. The number of hydrogen-bond donors (Lipinski definition) is 1. The van der Waals surface area contributed by atoms with Crippen LogP contribution in [0.15, 0.2) is 24.3 Å². The van der Waals surface area contributed by atoms with E-state index < -0.39 is 0 Å². The van der Waals surface area contributed by atoms with E-state index in [1.165, 1.54) is 18.7 Å². The van der Waals surface area contributed by atoms with Gasteiger partial charge in [-0.15, -0.1) is 0 Å². The van der Waals surface area contributed by atoms with Gasteiger partial charge in [-0.1, -0.05) is 23.9 Å². The van der Waals surface area contributed by atoms with Gasteiger partial charge in [0.2, 0.25) is 11.8 Å². The highest BCUT2D eigenvalue weighted by molar-refractivity contribution is 8.13. The molecule has 2 rings (SSSR count). The van der Waals surface area contributed by atoms with Gasteiger partial charge in [0.25, 0.3) is 0 Å². The predicted octanol–water partition coefficient (Wildman–Crippen LogP) is 2.27. The van der Waals surface area contributed by atoms with Crippen molar-refractivity contribution in [3.05, 3.63) is 29.8 Å². The number of carbonyl (C=O) groups excluding carboxylic acids is 3. The molecule has 0 spiro atoms. The van der Waals surface area contributed by atoms with Gasteiger partial charge in [-0.2, -0.15) is 0 Å². The first-order valence-corrected chi connectivity index (χ1v) is 8.20. The van der Waals surface area contributed by atoms with Crippen molar-refractivity contribution in [3.63, 3.8) is 0 Å². The van der Waals surface area contributed by atoms with Gasteiger partial charge in [-0.25, -0.2) is 0 Å². The number of anilines is 1. The van der Waals surface area contributed by atoms with Crippen LogP contribution in [0, 0.1) is 5.92 Å². The fourth-order valence-electron chi connectivity index (χ4n) is 2.47. The zero-order chi connectivity index (χ0) is 16.1. The highest BCUT2D eigenvalue weighted by Gasteiger charge is 2.29. The maximum atomic E-state index is 12.0. The predicted molar refractivity (Wildman–Crippen MR) is 87.4 cm³/mol. The highest BCUT2D eigenvalue weighted by Crippen LogP contribution is 2.24. The summed E-state index contributed by atoms with van der Waals surface area (Å²) in [6, 6.07) is 7.49. The van der Waals surface area contributed by atoms with Crippen LogP contribution in [0.4, 0.5) is 5.69 Å². The number of carbonyl (C=O) groups is 3. The fraction of sp³-hybridized carbons (Fsp3) is 0.438. The molecule has 1 unspecified atom stereocenters. The summed E-state index contributed by atoms with van der Waals surface area (Å²) in [4.78, 5) is 35.8. The lowest BCUT2D eigenvalue weighted by atomic mass is 10.1. The Hall–Kier alpha value is -1.82. The van der Waals surface area contributed by atoms with E-state index in [2.05, 4.69) is 5.32 Å². The molecule has 22 heavy (non-hydrogen) atoms. The van der Waals surface area contributed by atoms with Gasteiger partial charge in [0.1, 0.15) is 0 Å². The summed E-state index contributed by atoms with van der Waals surface area (Å²) in [5.74, 6) is 0.993. The van der Waals surface area contributed by atoms with Crippen LogP contribution in [0.5, 0.6) is 0 Å². The Balaban J connectivity index is 1.89. The average molecular weight is 320 g/mol. The summed E-state index contributed by atoms with van der Waals surface area (Å²) >= 11 is 1.29. The topological polar surface area (TPSA) is 66.5 Å². The molecule has 118 valence electrons. The monoisotopic (exact) mass is 320 g/mol. The summed E-state index contributed by atoms with van der Waals surface area (Å²) in [7, 11) is 0. The second-order valence-electron chi connectivity index (χ2n) is 5.53. The van der Waals surface area contributed by atoms with Crippen LogP contribution in [0.1, 0.15) is 25.8 Å². The number of amides is 2. The molecular weight excluding hydrogens is 300 g/mol. The molecule has 6 heteroatoms. The quantitative estimate of drug-likeness (QED) is 0.904. The molecule has 1 aliphatic rings. The second kappa shape index (κ2) is 7.45. The number of nitrogens with zero attached hydrogens (tertiary/aromatic N) is 1. The molecule has 0 aromatic heterocycles. The van der Waals surface area contributed by atoms with Crippen molar-refractivity contribution in [3.8, 4) is 0 Å². The molecule has 1 aromatic carbocycles. The SMILES string of the molecule is CC(=O)Nc1ccc(CN2CC(CSC(C)=O)CC2=O)cc1. The van der Waals surface area contributed by atoms with Crippen LogP contribution in [-0.4, -0.2) is 34.1 Å². The number of thioether (sulfide) groups is 1. The minimum Gasteiger partial charge on any atom is -0.338 e. The smallest absolute Gasteiger partial charge is 0.223 e. The molecule has 1 fully saturated rings. The highest BCUT2D eigenvalue weighted by atomic mass is 32.2. The van der Waals surface area contributed by atoms with Crippen molar-refractivity contribution in [1.29, 1.82) is 0 Å². The molecular formula is C16H20N2O3S. The third-order valence-corrected chi connectivity index (χ3v) is 4.51. The van der Waals surface area contributed by atoms with E-state index in [4.69, 9.17) is 0 Å². The molecule has 2 amide bonds. The molecule has 0 aliphatic carbocycles. The molecule has 1 N–H and O–H groups in total. The molecule has 1 heterocycles. The summed E-state index contributed by atoms with van der Waals surface area (Å²) in [5.41, 5.74) is 1.78. The third-order valence-electron chi connectivity index (χ3n) is 3.46. The van der Waals surface area contributed by atoms with Crippen LogP contribution in [-0.2, 0) is 20.9 Å². The zero-order valence-electron chi connectivity index (χ0n) is 12.8. The Bertz CT molecular complexity index is 571. The fourth-order valence-corrected chi connectivity index (χ4v) is 3.16. The normalized spacial score (nSPS) is 17.6. The molecule has 0 bridgehead atoms. The van der Waals surface area contributed by atoms with Gasteiger partial charge in [-0.3, -0.25) is 14.4 Å². The Labute approximate surface area is 134 Å². The summed E-state index contributed by atoms with van der Waals surface area (Å²) in [6.45, 7) is 4.29. The lowest BCUT2D eigenvalue weighted by Gasteiger charge is -2.17. The molecule has 1 atom stereocenters. The first-order valence-electron chi connectivity index (χ1n) is 7.21. The molecule has 0 saturated carbocycles. The number of rotatable bonds is 5. The Morgan fingerprint density at radius 3 is 2.55 bits per heavy atom. The Morgan fingerprint density at radius 1 is 1.27 bits per heavy atom. The Kier molecular flexibility index (Phi) is 5.60. The van der Waals surface area contributed by atoms with Crippen LogP contribution in [0.2, 0.25) is 0 Å². The van der Waals surface area contributed by atoms with Gasteiger partial charge in [0, 0.05) is 44.8 Å². The lowest BCUT2D eigenvalue weighted by Crippen LogP contribution is -2.24. The second-order valence-corrected chi connectivity index (χ2v) is 6.72. The maximum Gasteiger partial charge on any atom is 0.223 e. The van der Waals surface area contributed by atoms with Crippen LogP contribution < -0.4 is 5.32 Å². The number of likely N-dealkylation sites (tertiary alicyclic amines) is 1. The third kappa shape index (κ3) is 4.87. The number of benzene rings is 1. The van der Waals surface area contributed by atoms with Gasteiger partial charge >= 0.3 is 0 Å². The van der Waals surface area contributed by atoms with Crippen LogP contribution in [0.25, 0.3) is 0 Å². The summed E-state index contributed by atoms with van der Waals surface area (Å²) in [6.07, 6.45) is 0.518. The van der Waals surface area contributed by atoms with Crippen molar-refractivity contribution in [2.45, 2.75) is 26.8 Å². The van der Waals surface area contributed by atoms with E-state index >= 15 is 0 Å². The first-order chi connectivity index (χ1) is 10.4. The van der Waals surface area contributed by atoms with Gasteiger partial charge in [0.15, 0.2) is 5.12 Å². The lowest BCUT2D eigenvalue weighted by molar-refractivity contribution is -0.128. The Morgan fingerprint density at radius 2 is 1.95 bits per heavy atom. The van der Waals surface area contributed by atoms with E-state index in [1.54, 1.807) is 6.92 Å². The maximum absolute atomic E-state index is 12.0. The average Bonchev–Trinajstić information content (AvgIpc) is 2.79. The minimum absolute atomic E-state index is 0.0967. The van der Waals surface area contributed by atoms with Gasteiger partial charge < -0.3 is 10.2 Å². The van der Waals surface area contributed by atoms with E-state index in [1.807, 2.05) is 29.2 Å². The van der Waals surface area contributed by atoms with E-state index in [0.29, 0.717) is 25.3 Å². The van der Waals surface area contributed by atoms with Gasteiger partial charge in [-0.05, 0) is 23.6 Å². The molecule has 1 aromatic rings. The van der Waals surface area contributed by atoms with Crippen LogP contribution in [0.3, 0.4) is 0 Å². The number of nitrogens with one attached hydrogen (secondary N) is 1. The van der Waals surface area contributed by atoms with E-state index in [9.17, 15) is 14.4 Å². The van der Waals surface area contributed by atoms with Gasteiger partial charge in [0.05, 0.1) is 0 Å². The molecule has 0 radical (unpaired) electrons. The molecule has 5 nitrogen and oxygen atoms in total. The first kappa shape index (κ1) is 16.5. The van der Waals surface area contributed by atoms with Crippen LogP contribution >= 0.6 is 11.8 Å². The van der Waals surface area contributed by atoms with Crippen molar-refractivity contribution < 1.29 is 14.4 Å². The summed E-state index contributed by atoms with van der Waals surface area (Å²) in [5, 5.41) is 2.81. The van der Waals surface area contributed by atoms with Crippen molar-refractivity contribution in [2.75, 3.05) is 17.6 Å². The standard InChI is InChI=1S/C16H20N2O3S/c1-11(19)17-15-5-3-13(4-6-15)8-18-9-14(7-16(18)21)10-22-12(2)20/h3-6,14H,7-10H2,1-2H3,(H,17,19). The van der Waals surface area contributed by atoms with E-state index in [-0.39, 0.29) is 22.8 Å². The molecule has 1 aliphatic heterocycles. The summed E-state index contributed by atoms with van der Waals surface area (Å²) < 4.78 is 0. The number of hydrogen-bond acceptors (Lipinski definition) is 4. The minimum atomic E-state index is -0.103.